The van der Waals surface area contributed by atoms with Gasteiger partial charge in [-0.3, -0.25) is 4.79 Å². The Balaban J connectivity index is 2.19. The van der Waals surface area contributed by atoms with Gasteiger partial charge < -0.3 is 13.9 Å². The lowest BCUT2D eigenvalue weighted by atomic mass is 9.88. The van der Waals surface area contributed by atoms with Crippen LogP contribution in [0.1, 0.15) is 33.6 Å². The zero-order valence-electron chi connectivity index (χ0n) is 14.5. The van der Waals surface area contributed by atoms with E-state index in [-0.39, 0.29) is 28.9 Å². The molecule has 2 rings (SSSR count). The van der Waals surface area contributed by atoms with Gasteiger partial charge in [-0.25, -0.2) is 0 Å². The van der Waals surface area contributed by atoms with Crippen molar-refractivity contribution in [2.45, 2.75) is 57.8 Å². The number of hydrogen-bond donors (Lipinski definition) is 0. The molecule has 0 spiro atoms. The molecule has 0 bridgehead atoms. The summed E-state index contributed by atoms with van der Waals surface area (Å²) < 4.78 is 16.9. The minimum Gasteiger partial charge on any atom is -0.473 e. The van der Waals surface area contributed by atoms with Crippen molar-refractivity contribution < 1.29 is 18.7 Å². The second kappa shape index (κ2) is 6.20. The van der Waals surface area contributed by atoms with Crippen LogP contribution in [0.4, 0.5) is 0 Å². The zero-order valence-corrected chi connectivity index (χ0v) is 15.5. The molecule has 5 heteroatoms. The maximum Gasteiger partial charge on any atom is 0.313 e. The Labute approximate surface area is 134 Å². The third-order valence-electron chi connectivity index (χ3n) is 5.26. The molecule has 0 aromatic rings. The van der Waals surface area contributed by atoms with Crippen LogP contribution in [-0.4, -0.2) is 27.5 Å². The van der Waals surface area contributed by atoms with Gasteiger partial charge in [0.15, 0.2) is 8.32 Å². The van der Waals surface area contributed by atoms with Crippen molar-refractivity contribution in [1.82, 2.24) is 0 Å². The highest BCUT2D eigenvalue weighted by Gasteiger charge is 2.45. The Morgan fingerprint density at radius 2 is 2.00 bits per heavy atom. The number of hydrogen-bond acceptors (Lipinski definition) is 4. The molecule has 0 radical (unpaired) electrons. The lowest BCUT2D eigenvalue weighted by Gasteiger charge is -2.39. The van der Waals surface area contributed by atoms with Crippen LogP contribution < -0.4 is 0 Å². The molecule has 3 atom stereocenters. The molecule has 22 heavy (non-hydrogen) atoms. The van der Waals surface area contributed by atoms with Crippen molar-refractivity contribution in [1.29, 1.82) is 0 Å². The highest BCUT2D eigenvalue weighted by Crippen LogP contribution is 2.45. The van der Waals surface area contributed by atoms with E-state index in [1.165, 1.54) is 7.11 Å². The van der Waals surface area contributed by atoms with Gasteiger partial charge >= 0.3 is 5.97 Å². The fraction of sp³-hybridized carbons (Fsp3) is 0.706. The van der Waals surface area contributed by atoms with E-state index < -0.39 is 8.32 Å². The van der Waals surface area contributed by atoms with Gasteiger partial charge in [0, 0.05) is 5.92 Å². The second-order valence-corrected chi connectivity index (χ2v) is 12.4. The number of rotatable bonds is 3. The molecule has 0 N–H and O–H groups in total. The van der Waals surface area contributed by atoms with Gasteiger partial charge in [-0.05, 0) is 42.6 Å². The van der Waals surface area contributed by atoms with Gasteiger partial charge in [-0.1, -0.05) is 20.8 Å². The smallest absolute Gasteiger partial charge is 0.313 e. The van der Waals surface area contributed by atoms with Gasteiger partial charge in [-0.15, -0.1) is 0 Å². The lowest BCUT2D eigenvalue weighted by molar-refractivity contribution is -0.144. The first-order valence-corrected chi connectivity index (χ1v) is 10.9. The summed E-state index contributed by atoms with van der Waals surface area (Å²) in [5.74, 6) is -0.349. The van der Waals surface area contributed by atoms with E-state index in [4.69, 9.17) is 13.9 Å². The van der Waals surface area contributed by atoms with E-state index in [1.807, 2.05) is 0 Å². The first kappa shape index (κ1) is 17.3. The standard InChI is InChI=1S/C17H28O4Si/c1-17(2,3)22(5,6)21-15-8-7-12-13(16(18)19-4)9-10-20-11-14(12)15/h9-13,15H,7-8H2,1-6H3/t12-,13-,15+/m1/s1. The molecule has 0 saturated heterocycles. The van der Waals surface area contributed by atoms with Crippen molar-refractivity contribution in [3.8, 4) is 0 Å². The van der Waals surface area contributed by atoms with Crippen molar-refractivity contribution >= 4 is 14.3 Å². The van der Waals surface area contributed by atoms with Crippen molar-refractivity contribution in [3.63, 3.8) is 0 Å². The van der Waals surface area contributed by atoms with E-state index in [0.29, 0.717) is 0 Å². The first-order chi connectivity index (χ1) is 10.2. The third-order valence-corrected chi connectivity index (χ3v) is 9.74. The molecule has 0 aromatic carbocycles. The highest BCUT2D eigenvalue weighted by molar-refractivity contribution is 6.74. The number of esters is 1. The minimum absolute atomic E-state index is 0.0537. The van der Waals surface area contributed by atoms with Crippen LogP contribution in [-0.2, 0) is 18.7 Å². The number of methoxy groups -OCH3 is 1. The van der Waals surface area contributed by atoms with Gasteiger partial charge in [0.05, 0.1) is 31.7 Å². The van der Waals surface area contributed by atoms with Crippen molar-refractivity contribution in [2.75, 3.05) is 7.11 Å². The molecule has 1 fully saturated rings. The van der Waals surface area contributed by atoms with E-state index in [9.17, 15) is 4.79 Å². The van der Waals surface area contributed by atoms with Gasteiger partial charge in [0.1, 0.15) is 0 Å². The summed E-state index contributed by atoms with van der Waals surface area (Å²) in [4.78, 5) is 12.0. The fourth-order valence-electron chi connectivity index (χ4n) is 2.87. The average molecular weight is 324 g/mol. The summed E-state index contributed by atoms with van der Waals surface area (Å²) in [5, 5.41) is 0.164. The fourth-order valence-corrected chi connectivity index (χ4v) is 4.19. The summed E-state index contributed by atoms with van der Waals surface area (Å²) in [6.45, 7) is 11.2. The lowest BCUT2D eigenvalue weighted by Crippen LogP contribution is -2.44. The Hall–Kier alpha value is -1.07. The SMILES string of the molecule is COC(=O)[C@@H]1C=COC=C2[C@@H](O[Si](C)(C)C(C)(C)C)CC[C@@H]21. The Morgan fingerprint density at radius 3 is 2.59 bits per heavy atom. The number of ether oxygens (including phenoxy) is 2. The summed E-state index contributed by atoms with van der Waals surface area (Å²) in [6, 6.07) is 0. The molecule has 1 aliphatic carbocycles. The monoisotopic (exact) mass is 324 g/mol. The summed E-state index contributed by atoms with van der Waals surface area (Å²) >= 11 is 0. The van der Waals surface area contributed by atoms with Crippen LogP contribution in [0.3, 0.4) is 0 Å². The Morgan fingerprint density at radius 1 is 1.32 bits per heavy atom. The number of carbonyl (C=O) groups excluding carboxylic acids is 1. The third kappa shape index (κ3) is 3.30. The molecule has 4 nitrogen and oxygen atoms in total. The molecule has 124 valence electrons. The van der Waals surface area contributed by atoms with E-state index in [0.717, 1.165) is 18.4 Å². The van der Waals surface area contributed by atoms with Crippen molar-refractivity contribution in [2.24, 2.45) is 11.8 Å². The van der Waals surface area contributed by atoms with Crippen molar-refractivity contribution in [3.05, 3.63) is 24.2 Å². The molecular weight excluding hydrogens is 296 g/mol. The molecule has 1 saturated carbocycles. The zero-order chi connectivity index (χ0) is 16.5. The molecule has 1 heterocycles. The van der Waals surface area contributed by atoms with E-state index in [2.05, 4.69) is 33.9 Å². The normalized spacial score (nSPS) is 28.5. The predicted molar refractivity (Wildman–Crippen MR) is 88.6 cm³/mol. The molecule has 0 unspecified atom stereocenters. The minimum atomic E-state index is -1.85. The van der Waals surface area contributed by atoms with Gasteiger partial charge in [0.25, 0.3) is 0 Å². The molecule has 0 aromatic heterocycles. The largest absolute Gasteiger partial charge is 0.473 e. The summed E-state index contributed by atoms with van der Waals surface area (Å²) in [5.41, 5.74) is 1.10. The quantitative estimate of drug-likeness (QED) is 0.581. The predicted octanol–water partition coefficient (Wildman–Crippen LogP) is 4.00. The van der Waals surface area contributed by atoms with Crippen LogP contribution in [0.15, 0.2) is 24.2 Å². The number of fused-ring (bicyclic) bond motifs is 1. The maximum atomic E-state index is 12.0. The summed E-state index contributed by atoms with van der Waals surface area (Å²) in [7, 11) is -0.419. The molecular formula is C17H28O4Si. The van der Waals surface area contributed by atoms with Crippen LogP contribution in [0.5, 0.6) is 0 Å². The molecule has 1 aliphatic heterocycles. The average Bonchev–Trinajstić information content (AvgIpc) is 2.68. The number of carbonyl (C=O) groups is 1. The molecule has 0 amide bonds. The maximum absolute atomic E-state index is 12.0. The summed E-state index contributed by atoms with van der Waals surface area (Å²) in [6.07, 6.45) is 7.07. The van der Waals surface area contributed by atoms with Crippen LogP contribution >= 0.6 is 0 Å². The van der Waals surface area contributed by atoms with Crippen LogP contribution in [0.2, 0.25) is 18.1 Å². The van der Waals surface area contributed by atoms with Crippen LogP contribution in [0, 0.1) is 11.8 Å². The van der Waals surface area contributed by atoms with Gasteiger partial charge in [-0.2, -0.15) is 0 Å². The molecule has 2 aliphatic rings. The second-order valence-electron chi connectivity index (χ2n) is 7.68. The van der Waals surface area contributed by atoms with Crippen LogP contribution in [0.25, 0.3) is 0 Å². The van der Waals surface area contributed by atoms with Gasteiger partial charge in [0.2, 0.25) is 0 Å². The first-order valence-electron chi connectivity index (χ1n) is 7.95. The topological polar surface area (TPSA) is 44.8 Å². The van der Waals surface area contributed by atoms with E-state index in [1.54, 1.807) is 18.6 Å². The Kier molecular flexibility index (Phi) is 4.87. The Bertz CT molecular complexity index is 487. The highest BCUT2D eigenvalue weighted by atomic mass is 28.4. The van der Waals surface area contributed by atoms with E-state index >= 15 is 0 Å².